The number of likely N-dealkylation sites (tertiary alicyclic amines) is 1. The Labute approximate surface area is 163 Å². The van der Waals surface area contributed by atoms with Crippen LogP contribution in [-0.2, 0) is 0 Å². The van der Waals surface area contributed by atoms with Crippen LogP contribution in [0.25, 0.3) is 11.3 Å². The maximum atomic E-state index is 13.0. The molecule has 0 saturated carbocycles. The van der Waals surface area contributed by atoms with Gasteiger partial charge in [-0.25, -0.2) is 14.8 Å². The summed E-state index contributed by atoms with van der Waals surface area (Å²) in [5, 5.41) is 7.08. The number of anilines is 1. The molecule has 1 aromatic carbocycles. The van der Waals surface area contributed by atoms with Gasteiger partial charge < -0.3 is 14.7 Å². The number of hydrogen-bond acceptors (Lipinski definition) is 5. The molecule has 0 radical (unpaired) electrons. The second-order valence-corrected chi connectivity index (χ2v) is 7.09. The highest BCUT2D eigenvalue weighted by atomic mass is 16.5. The first-order chi connectivity index (χ1) is 13.5. The fraction of sp³-hybridized carbons (Fsp3) is 0.333. The van der Waals surface area contributed by atoms with Crippen molar-refractivity contribution in [1.82, 2.24) is 20.0 Å². The fourth-order valence-corrected chi connectivity index (χ4v) is 3.84. The molecular weight excluding hydrogens is 354 g/mol. The van der Waals surface area contributed by atoms with Gasteiger partial charge in [0.25, 0.3) is 0 Å². The lowest BCUT2D eigenvalue weighted by molar-refractivity contribution is 0.206. The standard InChI is InChI=1S/C21H23N5O2/c1-13-20(14(2)28-25-13)19-8-5-11-26(19)21(27)24-17-7-4-6-16(12-17)18-9-10-22-15(3)23-18/h4,6-7,9-10,12,19H,5,8,11H2,1-3H3,(H,24,27)/t19-/m0/s1. The highest BCUT2D eigenvalue weighted by Crippen LogP contribution is 2.36. The Bertz CT molecular complexity index is 994. The van der Waals surface area contributed by atoms with Gasteiger partial charge in [-0.05, 0) is 51.8 Å². The number of aromatic nitrogens is 3. The summed E-state index contributed by atoms with van der Waals surface area (Å²) in [6, 6.07) is 9.45. The molecule has 3 heterocycles. The van der Waals surface area contributed by atoms with Crippen LogP contribution in [0.3, 0.4) is 0 Å². The zero-order valence-electron chi connectivity index (χ0n) is 16.3. The number of nitrogens with one attached hydrogen (secondary N) is 1. The van der Waals surface area contributed by atoms with E-state index in [-0.39, 0.29) is 12.1 Å². The zero-order valence-corrected chi connectivity index (χ0v) is 16.3. The molecule has 1 fully saturated rings. The monoisotopic (exact) mass is 377 g/mol. The van der Waals surface area contributed by atoms with E-state index in [0.29, 0.717) is 12.4 Å². The van der Waals surface area contributed by atoms with Crippen molar-refractivity contribution < 1.29 is 9.32 Å². The summed E-state index contributed by atoms with van der Waals surface area (Å²) >= 11 is 0. The molecule has 1 N–H and O–H groups in total. The average Bonchev–Trinajstić information content (AvgIpc) is 3.28. The number of benzene rings is 1. The predicted molar refractivity (Wildman–Crippen MR) is 106 cm³/mol. The van der Waals surface area contributed by atoms with E-state index in [1.807, 2.05) is 56.0 Å². The SMILES string of the molecule is Cc1nccc(-c2cccc(NC(=O)N3CCC[C@H]3c3c(C)noc3C)c2)n1. The van der Waals surface area contributed by atoms with Crippen LogP contribution in [0.15, 0.2) is 41.1 Å². The van der Waals surface area contributed by atoms with Gasteiger partial charge in [0.2, 0.25) is 0 Å². The molecule has 144 valence electrons. The molecular formula is C21H23N5O2. The third-order valence-electron chi connectivity index (χ3n) is 5.12. The molecule has 1 aliphatic heterocycles. The number of urea groups is 1. The molecule has 0 bridgehead atoms. The molecule has 0 unspecified atom stereocenters. The molecule has 3 aromatic rings. The number of amides is 2. The Hall–Kier alpha value is -3.22. The van der Waals surface area contributed by atoms with Crippen molar-refractivity contribution in [2.24, 2.45) is 0 Å². The topological polar surface area (TPSA) is 84.2 Å². The van der Waals surface area contributed by atoms with E-state index < -0.39 is 0 Å². The van der Waals surface area contributed by atoms with E-state index >= 15 is 0 Å². The van der Waals surface area contributed by atoms with Crippen LogP contribution in [0.4, 0.5) is 10.5 Å². The highest BCUT2D eigenvalue weighted by Gasteiger charge is 2.33. The van der Waals surface area contributed by atoms with Gasteiger partial charge in [-0.2, -0.15) is 0 Å². The molecule has 1 atom stereocenters. The number of carbonyl (C=O) groups excluding carboxylic acids is 1. The molecule has 2 aromatic heterocycles. The molecule has 4 rings (SSSR count). The lowest BCUT2D eigenvalue weighted by Crippen LogP contribution is -2.34. The van der Waals surface area contributed by atoms with Crippen molar-refractivity contribution in [3.8, 4) is 11.3 Å². The summed E-state index contributed by atoms with van der Waals surface area (Å²) < 4.78 is 5.31. The Balaban J connectivity index is 1.54. The Morgan fingerprint density at radius 1 is 1.25 bits per heavy atom. The van der Waals surface area contributed by atoms with Gasteiger partial charge in [0.15, 0.2) is 0 Å². The third kappa shape index (κ3) is 3.47. The molecule has 1 aliphatic rings. The van der Waals surface area contributed by atoms with Crippen molar-refractivity contribution >= 4 is 11.7 Å². The first-order valence-electron chi connectivity index (χ1n) is 9.43. The lowest BCUT2D eigenvalue weighted by Gasteiger charge is -2.25. The minimum atomic E-state index is -0.112. The van der Waals surface area contributed by atoms with E-state index in [4.69, 9.17) is 4.52 Å². The Morgan fingerprint density at radius 2 is 2.11 bits per heavy atom. The average molecular weight is 377 g/mol. The number of aryl methyl sites for hydroxylation is 3. The van der Waals surface area contributed by atoms with Crippen LogP contribution in [-0.4, -0.2) is 32.6 Å². The summed E-state index contributed by atoms with van der Waals surface area (Å²) in [5.41, 5.74) is 4.38. The van der Waals surface area contributed by atoms with Crippen molar-refractivity contribution in [3.05, 3.63) is 59.4 Å². The smallest absolute Gasteiger partial charge is 0.322 e. The second kappa shape index (κ2) is 7.42. The van der Waals surface area contributed by atoms with E-state index in [1.54, 1.807) is 6.20 Å². The van der Waals surface area contributed by atoms with Gasteiger partial charge in [-0.1, -0.05) is 17.3 Å². The van der Waals surface area contributed by atoms with Crippen LogP contribution in [0.1, 0.15) is 41.7 Å². The zero-order chi connectivity index (χ0) is 19.7. The molecule has 7 heteroatoms. The van der Waals surface area contributed by atoms with Crippen molar-refractivity contribution in [3.63, 3.8) is 0 Å². The number of carbonyl (C=O) groups is 1. The predicted octanol–water partition coefficient (Wildman–Crippen LogP) is 4.43. The number of nitrogens with zero attached hydrogens (tertiary/aromatic N) is 4. The summed E-state index contributed by atoms with van der Waals surface area (Å²) in [6.07, 6.45) is 3.61. The van der Waals surface area contributed by atoms with E-state index in [0.717, 1.165) is 46.8 Å². The third-order valence-corrected chi connectivity index (χ3v) is 5.12. The van der Waals surface area contributed by atoms with Crippen LogP contribution in [0.5, 0.6) is 0 Å². The number of rotatable bonds is 3. The molecule has 0 aliphatic carbocycles. The minimum absolute atomic E-state index is 0.000975. The molecule has 0 spiro atoms. The summed E-state index contributed by atoms with van der Waals surface area (Å²) in [5.74, 6) is 1.50. The largest absolute Gasteiger partial charge is 0.361 e. The summed E-state index contributed by atoms with van der Waals surface area (Å²) in [6.45, 7) is 6.40. The minimum Gasteiger partial charge on any atom is -0.361 e. The van der Waals surface area contributed by atoms with Crippen LogP contribution in [0.2, 0.25) is 0 Å². The fourth-order valence-electron chi connectivity index (χ4n) is 3.84. The van der Waals surface area contributed by atoms with Crippen molar-refractivity contribution in [1.29, 1.82) is 0 Å². The first kappa shape index (κ1) is 18.2. The van der Waals surface area contributed by atoms with Crippen LogP contribution in [0, 0.1) is 20.8 Å². The highest BCUT2D eigenvalue weighted by molar-refractivity contribution is 5.90. The van der Waals surface area contributed by atoms with Gasteiger partial charge in [-0.15, -0.1) is 0 Å². The van der Waals surface area contributed by atoms with Gasteiger partial charge in [0.1, 0.15) is 11.6 Å². The normalized spacial score (nSPS) is 16.4. The van der Waals surface area contributed by atoms with Crippen LogP contribution >= 0.6 is 0 Å². The van der Waals surface area contributed by atoms with E-state index in [9.17, 15) is 4.79 Å². The van der Waals surface area contributed by atoms with Crippen LogP contribution < -0.4 is 5.32 Å². The molecule has 28 heavy (non-hydrogen) atoms. The quantitative estimate of drug-likeness (QED) is 0.730. The first-order valence-corrected chi connectivity index (χ1v) is 9.43. The second-order valence-electron chi connectivity index (χ2n) is 7.09. The Morgan fingerprint density at radius 3 is 2.86 bits per heavy atom. The van der Waals surface area contributed by atoms with Crippen molar-refractivity contribution in [2.45, 2.75) is 39.7 Å². The van der Waals surface area contributed by atoms with Gasteiger partial charge in [0.05, 0.1) is 17.4 Å². The van der Waals surface area contributed by atoms with Crippen molar-refractivity contribution in [2.75, 3.05) is 11.9 Å². The Kier molecular flexibility index (Phi) is 4.81. The van der Waals surface area contributed by atoms with Gasteiger partial charge in [0, 0.05) is 29.6 Å². The van der Waals surface area contributed by atoms with Gasteiger partial charge in [-0.3, -0.25) is 0 Å². The van der Waals surface area contributed by atoms with E-state index in [1.165, 1.54) is 0 Å². The summed E-state index contributed by atoms with van der Waals surface area (Å²) in [4.78, 5) is 23.4. The maximum absolute atomic E-state index is 13.0. The molecule has 7 nitrogen and oxygen atoms in total. The number of hydrogen-bond donors (Lipinski definition) is 1. The van der Waals surface area contributed by atoms with E-state index in [2.05, 4.69) is 20.4 Å². The molecule has 1 saturated heterocycles. The van der Waals surface area contributed by atoms with Gasteiger partial charge >= 0.3 is 6.03 Å². The molecule has 2 amide bonds. The lowest BCUT2D eigenvalue weighted by atomic mass is 10.0. The summed E-state index contributed by atoms with van der Waals surface area (Å²) in [7, 11) is 0. The maximum Gasteiger partial charge on any atom is 0.322 e.